The van der Waals surface area contributed by atoms with Crippen LogP contribution in [-0.2, 0) is 13.0 Å². The lowest BCUT2D eigenvalue weighted by molar-refractivity contribution is 0.181. The van der Waals surface area contributed by atoms with E-state index in [1.807, 2.05) is 46.1 Å². The predicted octanol–water partition coefficient (Wildman–Crippen LogP) is 4.53. The Morgan fingerprint density at radius 1 is 1.35 bits per heavy atom. The second kappa shape index (κ2) is 7.33. The van der Waals surface area contributed by atoms with Gasteiger partial charge in [0.1, 0.15) is 0 Å². The maximum atomic E-state index is 12.9. The van der Waals surface area contributed by atoms with Crippen LogP contribution in [0.5, 0.6) is 0 Å². The zero-order valence-electron chi connectivity index (χ0n) is 14.8. The van der Waals surface area contributed by atoms with Crippen molar-refractivity contribution < 1.29 is 4.79 Å². The molecule has 1 atom stereocenters. The first-order chi connectivity index (χ1) is 12.7. The zero-order chi connectivity index (χ0) is 17.9. The highest BCUT2D eigenvalue weighted by atomic mass is 32.1. The van der Waals surface area contributed by atoms with Crippen molar-refractivity contribution in [3.63, 3.8) is 0 Å². The Kier molecular flexibility index (Phi) is 4.75. The lowest BCUT2D eigenvalue weighted by atomic mass is 9.98. The van der Waals surface area contributed by atoms with Crippen molar-refractivity contribution in [3.8, 4) is 0 Å². The summed E-state index contributed by atoms with van der Waals surface area (Å²) in [5.41, 5.74) is 3.24. The Balaban J connectivity index is 1.48. The minimum Gasteiger partial charge on any atom is -0.317 e. The largest absolute Gasteiger partial charge is 0.322 e. The summed E-state index contributed by atoms with van der Waals surface area (Å²) in [4.78, 5) is 16.3. The highest BCUT2D eigenvalue weighted by molar-refractivity contribution is 7.10. The second-order valence-corrected chi connectivity index (χ2v) is 7.50. The van der Waals surface area contributed by atoms with E-state index < -0.39 is 0 Å². The molecular formula is C20H22N4OS. The highest BCUT2D eigenvalue weighted by Gasteiger charge is 2.30. The molecule has 5 nitrogen and oxygen atoms in total. The van der Waals surface area contributed by atoms with Gasteiger partial charge >= 0.3 is 6.03 Å². The summed E-state index contributed by atoms with van der Waals surface area (Å²) in [7, 11) is 0. The van der Waals surface area contributed by atoms with Crippen LogP contribution >= 0.6 is 11.3 Å². The number of carbonyl (C=O) groups excluding carboxylic acids is 1. The van der Waals surface area contributed by atoms with Gasteiger partial charge in [0.05, 0.1) is 12.6 Å². The van der Waals surface area contributed by atoms with E-state index in [2.05, 4.69) is 28.8 Å². The normalized spacial score (nSPS) is 16.3. The van der Waals surface area contributed by atoms with Crippen molar-refractivity contribution in [2.75, 3.05) is 11.9 Å². The SMILES string of the molecule is CC[C@@H]1c2ccsc2CCN1C(=O)Nc1cccc(Cn2cccn2)c1. The van der Waals surface area contributed by atoms with Gasteiger partial charge < -0.3 is 10.2 Å². The third-order valence-corrected chi connectivity index (χ3v) is 5.82. The minimum absolute atomic E-state index is 0.0232. The minimum atomic E-state index is -0.0232. The number of rotatable bonds is 4. The molecule has 0 bridgehead atoms. The van der Waals surface area contributed by atoms with Crippen LogP contribution in [0, 0.1) is 0 Å². The third kappa shape index (κ3) is 3.37. The molecule has 0 saturated carbocycles. The van der Waals surface area contributed by atoms with Crippen LogP contribution in [-0.4, -0.2) is 27.3 Å². The molecule has 3 heterocycles. The number of nitrogens with zero attached hydrogens (tertiary/aromatic N) is 3. The van der Waals surface area contributed by atoms with Crippen LogP contribution in [0.25, 0.3) is 0 Å². The molecule has 1 aliphatic heterocycles. The van der Waals surface area contributed by atoms with Crippen LogP contribution in [0.3, 0.4) is 0 Å². The summed E-state index contributed by atoms with van der Waals surface area (Å²) in [5, 5.41) is 9.45. The van der Waals surface area contributed by atoms with E-state index in [0.717, 1.165) is 30.6 Å². The fourth-order valence-corrected chi connectivity index (χ4v) is 4.53. The lowest BCUT2D eigenvalue weighted by Crippen LogP contribution is -2.41. The van der Waals surface area contributed by atoms with Gasteiger partial charge in [-0.15, -0.1) is 11.3 Å². The Bertz CT molecular complexity index is 887. The second-order valence-electron chi connectivity index (χ2n) is 6.50. The third-order valence-electron chi connectivity index (χ3n) is 4.82. The average Bonchev–Trinajstić information content (AvgIpc) is 3.32. The van der Waals surface area contributed by atoms with Crippen molar-refractivity contribution in [1.29, 1.82) is 0 Å². The molecule has 0 fully saturated rings. The number of anilines is 1. The molecule has 0 saturated heterocycles. The van der Waals surface area contributed by atoms with Gasteiger partial charge in [-0.1, -0.05) is 19.1 Å². The number of fused-ring (bicyclic) bond motifs is 1. The van der Waals surface area contributed by atoms with Crippen molar-refractivity contribution >= 4 is 23.1 Å². The first kappa shape index (κ1) is 16.8. The Labute approximate surface area is 157 Å². The molecule has 1 aliphatic rings. The predicted molar refractivity (Wildman–Crippen MR) is 105 cm³/mol. The molecular weight excluding hydrogens is 344 g/mol. The summed E-state index contributed by atoms with van der Waals surface area (Å²) in [6.07, 6.45) is 5.57. The molecule has 6 heteroatoms. The monoisotopic (exact) mass is 366 g/mol. The number of nitrogens with one attached hydrogen (secondary N) is 1. The average molecular weight is 366 g/mol. The number of urea groups is 1. The molecule has 2 amide bonds. The molecule has 3 aromatic rings. The van der Waals surface area contributed by atoms with Gasteiger partial charge in [0, 0.05) is 29.5 Å². The first-order valence-corrected chi connectivity index (χ1v) is 9.83. The molecule has 0 radical (unpaired) electrons. The number of hydrogen-bond donors (Lipinski definition) is 1. The van der Waals surface area contributed by atoms with Crippen LogP contribution in [0.2, 0.25) is 0 Å². The van der Waals surface area contributed by atoms with E-state index in [1.165, 1.54) is 10.4 Å². The van der Waals surface area contributed by atoms with Crippen LogP contribution in [0.15, 0.2) is 54.2 Å². The van der Waals surface area contributed by atoms with Gasteiger partial charge in [-0.3, -0.25) is 4.68 Å². The molecule has 26 heavy (non-hydrogen) atoms. The van der Waals surface area contributed by atoms with E-state index >= 15 is 0 Å². The lowest BCUT2D eigenvalue weighted by Gasteiger charge is -2.35. The van der Waals surface area contributed by atoms with Crippen LogP contribution < -0.4 is 5.32 Å². The summed E-state index contributed by atoms with van der Waals surface area (Å²) >= 11 is 1.80. The maximum Gasteiger partial charge on any atom is 0.322 e. The summed E-state index contributed by atoms with van der Waals surface area (Å²) in [6.45, 7) is 3.60. The van der Waals surface area contributed by atoms with Gasteiger partial charge in [-0.05, 0) is 53.6 Å². The van der Waals surface area contributed by atoms with Crippen molar-refractivity contribution in [1.82, 2.24) is 14.7 Å². The number of carbonyl (C=O) groups is 1. The molecule has 2 aromatic heterocycles. The van der Waals surface area contributed by atoms with Crippen molar-refractivity contribution in [3.05, 3.63) is 70.2 Å². The maximum absolute atomic E-state index is 12.9. The van der Waals surface area contributed by atoms with Gasteiger partial charge in [0.25, 0.3) is 0 Å². The summed E-state index contributed by atoms with van der Waals surface area (Å²) < 4.78 is 1.87. The van der Waals surface area contributed by atoms with Gasteiger partial charge in [0.15, 0.2) is 0 Å². The molecule has 134 valence electrons. The molecule has 0 unspecified atom stereocenters. The highest BCUT2D eigenvalue weighted by Crippen LogP contribution is 2.35. The van der Waals surface area contributed by atoms with E-state index in [-0.39, 0.29) is 12.1 Å². The van der Waals surface area contributed by atoms with Gasteiger partial charge in [-0.2, -0.15) is 5.10 Å². The molecule has 0 aliphatic carbocycles. The molecule has 1 N–H and O–H groups in total. The molecule has 4 rings (SSSR count). The molecule has 0 spiro atoms. The fraction of sp³-hybridized carbons (Fsp3) is 0.300. The number of benzene rings is 1. The van der Waals surface area contributed by atoms with E-state index in [1.54, 1.807) is 17.5 Å². The quantitative estimate of drug-likeness (QED) is 0.737. The van der Waals surface area contributed by atoms with E-state index in [0.29, 0.717) is 6.54 Å². The first-order valence-electron chi connectivity index (χ1n) is 8.95. The number of amides is 2. The molecule has 1 aromatic carbocycles. The van der Waals surface area contributed by atoms with Gasteiger partial charge in [0.2, 0.25) is 0 Å². The topological polar surface area (TPSA) is 50.2 Å². The number of hydrogen-bond acceptors (Lipinski definition) is 3. The van der Waals surface area contributed by atoms with Crippen LogP contribution in [0.4, 0.5) is 10.5 Å². The smallest absolute Gasteiger partial charge is 0.317 e. The number of aromatic nitrogens is 2. The van der Waals surface area contributed by atoms with Crippen molar-refractivity contribution in [2.24, 2.45) is 0 Å². The Hall–Kier alpha value is -2.60. The Morgan fingerprint density at radius 3 is 3.08 bits per heavy atom. The fourth-order valence-electron chi connectivity index (χ4n) is 3.60. The van der Waals surface area contributed by atoms with E-state index in [9.17, 15) is 4.79 Å². The summed E-state index contributed by atoms with van der Waals surface area (Å²) in [5.74, 6) is 0. The summed E-state index contributed by atoms with van der Waals surface area (Å²) in [6, 6.07) is 12.2. The Morgan fingerprint density at radius 2 is 2.27 bits per heavy atom. The van der Waals surface area contributed by atoms with Crippen LogP contribution in [0.1, 0.15) is 35.4 Å². The standard InChI is InChI=1S/C20H22N4OS/c1-2-18-17-8-12-26-19(17)7-11-24(18)20(25)22-16-6-3-5-15(13-16)14-23-10-4-9-21-23/h3-6,8-10,12-13,18H,2,7,11,14H2,1H3,(H,22,25)/t18-/m1/s1. The van der Waals surface area contributed by atoms with E-state index in [4.69, 9.17) is 0 Å². The zero-order valence-corrected chi connectivity index (χ0v) is 15.6. The van der Waals surface area contributed by atoms with Crippen molar-refractivity contribution in [2.45, 2.75) is 32.4 Å². The van der Waals surface area contributed by atoms with Gasteiger partial charge in [-0.25, -0.2) is 4.79 Å². The number of thiophene rings is 1.